The van der Waals surface area contributed by atoms with Crippen LogP contribution in [0.1, 0.15) is 18.1 Å². The van der Waals surface area contributed by atoms with Crippen molar-refractivity contribution in [3.05, 3.63) is 89.2 Å². The van der Waals surface area contributed by atoms with Gasteiger partial charge in [-0.25, -0.2) is 10.4 Å². The number of benzene rings is 2. The molecule has 156 valence electrons. The number of nitrogens with zero attached hydrogens (tertiary/aromatic N) is 4. The highest BCUT2D eigenvalue weighted by Gasteiger charge is 2.14. The number of halogens is 1. The number of thioether (sulfide) groups is 1. The van der Waals surface area contributed by atoms with E-state index in [1.165, 1.54) is 11.8 Å². The van der Waals surface area contributed by atoms with Gasteiger partial charge in [0.1, 0.15) is 0 Å². The Kier molecular flexibility index (Phi) is 6.64. The van der Waals surface area contributed by atoms with Crippen LogP contribution >= 0.6 is 23.4 Å². The first-order valence-electron chi connectivity index (χ1n) is 9.67. The van der Waals surface area contributed by atoms with Crippen molar-refractivity contribution < 1.29 is 4.79 Å². The maximum Gasteiger partial charge on any atom is 0.250 e. The largest absolute Gasteiger partial charge is 0.314 e. The molecule has 2 aromatic carbocycles. The molecule has 2 aromatic heterocycles. The molecule has 8 heteroatoms. The third-order valence-corrected chi connectivity index (χ3v) is 6.03. The van der Waals surface area contributed by atoms with Crippen LogP contribution in [0.5, 0.6) is 0 Å². The molecule has 0 atom stereocenters. The van der Waals surface area contributed by atoms with Crippen molar-refractivity contribution in [1.29, 1.82) is 0 Å². The highest BCUT2D eigenvalue weighted by Crippen LogP contribution is 2.27. The van der Waals surface area contributed by atoms with Crippen molar-refractivity contribution in [3.63, 3.8) is 0 Å². The average molecular weight is 450 g/mol. The molecule has 31 heavy (non-hydrogen) atoms. The van der Waals surface area contributed by atoms with Gasteiger partial charge in [-0.05, 0) is 42.8 Å². The summed E-state index contributed by atoms with van der Waals surface area (Å²) in [7, 11) is 0. The van der Waals surface area contributed by atoms with Gasteiger partial charge in [0.15, 0.2) is 5.16 Å². The van der Waals surface area contributed by atoms with Gasteiger partial charge >= 0.3 is 0 Å². The van der Waals surface area contributed by atoms with E-state index in [1.54, 1.807) is 12.4 Å². The van der Waals surface area contributed by atoms with Crippen LogP contribution in [0.2, 0.25) is 5.02 Å². The van der Waals surface area contributed by atoms with E-state index in [4.69, 9.17) is 16.6 Å². The number of hydrazone groups is 1. The van der Waals surface area contributed by atoms with Gasteiger partial charge in [0.25, 0.3) is 5.91 Å². The van der Waals surface area contributed by atoms with E-state index in [-0.39, 0.29) is 11.7 Å². The van der Waals surface area contributed by atoms with Crippen LogP contribution in [0.15, 0.2) is 83.3 Å². The fourth-order valence-corrected chi connectivity index (χ4v) is 4.08. The molecule has 0 spiro atoms. The molecule has 4 aromatic rings. The summed E-state index contributed by atoms with van der Waals surface area (Å²) in [5, 5.41) is 5.64. The zero-order valence-corrected chi connectivity index (χ0v) is 18.4. The van der Waals surface area contributed by atoms with Gasteiger partial charge in [-0.3, -0.25) is 9.78 Å². The quantitative estimate of drug-likeness (QED) is 0.251. The molecule has 4 rings (SSSR count). The topological polar surface area (TPSA) is 72.2 Å². The number of nitrogens with one attached hydrogen (secondary N) is 1. The minimum absolute atomic E-state index is 0.193. The Bertz CT molecular complexity index is 1240. The molecule has 0 bridgehead atoms. The summed E-state index contributed by atoms with van der Waals surface area (Å²) < 4.78 is 2.08. The first-order chi connectivity index (χ1) is 15.1. The number of carbonyl (C=O) groups is 1. The van der Waals surface area contributed by atoms with E-state index in [0.717, 1.165) is 27.3 Å². The predicted molar refractivity (Wildman–Crippen MR) is 126 cm³/mol. The van der Waals surface area contributed by atoms with E-state index in [0.29, 0.717) is 17.3 Å². The van der Waals surface area contributed by atoms with Gasteiger partial charge in [0, 0.05) is 23.0 Å². The number of hydrogen-bond donors (Lipinski definition) is 1. The Morgan fingerprint density at radius 1 is 1.10 bits per heavy atom. The minimum Gasteiger partial charge on any atom is -0.314 e. The van der Waals surface area contributed by atoms with Crippen molar-refractivity contribution in [3.8, 4) is 0 Å². The van der Waals surface area contributed by atoms with Crippen LogP contribution in [0.25, 0.3) is 11.0 Å². The summed E-state index contributed by atoms with van der Waals surface area (Å²) in [4.78, 5) is 21.1. The summed E-state index contributed by atoms with van der Waals surface area (Å²) in [5.74, 6) is -0.00588. The second kappa shape index (κ2) is 9.76. The molecule has 0 fully saturated rings. The Morgan fingerprint density at radius 3 is 2.65 bits per heavy atom. The molecule has 0 saturated heterocycles. The van der Waals surface area contributed by atoms with Gasteiger partial charge in [-0.15, -0.1) is 0 Å². The molecular formula is C23H20ClN5OS. The molecule has 6 nitrogen and oxygen atoms in total. The number of aromatic nitrogens is 3. The Labute approximate surface area is 189 Å². The Balaban J connectivity index is 1.49. The maximum absolute atomic E-state index is 12.4. The number of amides is 1. The number of carbonyl (C=O) groups excluding carboxylic acids is 1. The molecule has 0 aliphatic rings. The first kappa shape index (κ1) is 21.1. The summed E-state index contributed by atoms with van der Waals surface area (Å²) >= 11 is 7.74. The second-order valence-corrected chi connectivity index (χ2v) is 8.17. The standard InChI is InChI=1S/C23H20ClN5OS/c1-16(17-10-12-25-13-11-17)27-28-22(30)15-31-23-26-20-8-4-5-9-21(20)29(23)14-18-6-2-3-7-19(18)24/h2-13H,14-15H2,1H3,(H,28,30)/b27-16-. The minimum atomic E-state index is -0.199. The molecule has 0 aliphatic carbocycles. The lowest BCUT2D eigenvalue weighted by Gasteiger charge is -2.10. The van der Waals surface area contributed by atoms with E-state index in [9.17, 15) is 4.79 Å². The summed E-state index contributed by atoms with van der Waals surface area (Å²) in [5.41, 5.74) is 7.11. The fourth-order valence-electron chi connectivity index (χ4n) is 3.08. The molecule has 1 amide bonds. The Hall–Kier alpha value is -3.16. The van der Waals surface area contributed by atoms with Crippen LogP contribution in [0.4, 0.5) is 0 Å². The number of rotatable bonds is 7. The lowest BCUT2D eigenvalue weighted by atomic mass is 10.2. The number of fused-ring (bicyclic) bond motifs is 1. The summed E-state index contributed by atoms with van der Waals surface area (Å²) in [6.45, 7) is 2.41. The van der Waals surface area contributed by atoms with Crippen LogP contribution in [-0.2, 0) is 11.3 Å². The lowest BCUT2D eigenvalue weighted by Crippen LogP contribution is -2.21. The smallest absolute Gasteiger partial charge is 0.250 e. The lowest BCUT2D eigenvalue weighted by molar-refractivity contribution is -0.118. The zero-order chi connectivity index (χ0) is 21.6. The number of imidazole rings is 1. The van der Waals surface area contributed by atoms with Crippen molar-refractivity contribution >= 4 is 46.0 Å². The van der Waals surface area contributed by atoms with E-state index >= 15 is 0 Å². The molecule has 0 unspecified atom stereocenters. The first-order valence-corrected chi connectivity index (χ1v) is 11.0. The third-order valence-electron chi connectivity index (χ3n) is 4.68. The van der Waals surface area contributed by atoms with E-state index < -0.39 is 0 Å². The van der Waals surface area contributed by atoms with E-state index in [1.807, 2.05) is 67.6 Å². The third kappa shape index (κ3) is 5.13. The van der Waals surface area contributed by atoms with Crippen LogP contribution in [0, 0.1) is 0 Å². The normalized spacial score (nSPS) is 11.6. The average Bonchev–Trinajstić information content (AvgIpc) is 3.15. The van der Waals surface area contributed by atoms with Crippen LogP contribution in [-0.4, -0.2) is 31.9 Å². The fraction of sp³-hybridized carbons (Fsp3) is 0.130. The predicted octanol–water partition coefficient (Wildman–Crippen LogP) is 4.77. The maximum atomic E-state index is 12.4. The number of hydrogen-bond acceptors (Lipinski definition) is 5. The highest BCUT2D eigenvalue weighted by atomic mass is 35.5. The van der Waals surface area contributed by atoms with Gasteiger partial charge in [-0.1, -0.05) is 53.7 Å². The summed E-state index contributed by atoms with van der Waals surface area (Å²) in [6.07, 6.45) is 3.38. The van der Waals surface area contributed by atoms with E-state index in [2.05, 4.69) is 20.1 Å². The van der Waals surface area contributed by atoms with Crippen LogP contribution < -0.4 is 5.43 Å². The van der Waals surface area contributed by atoms with Crippen molar-refractivity contribution in [1.82, 2.24) is 20.0 Å². The molecule has 2 heterocycles. The zero-order valence-electron chi connectivity index (χ0n) is 16.8. The van der Waals surface area contributed by atoms with Crippen LogP contribution in [0.3, 0.4) is 0 Å². The van der Waals surface area contributed by atoms with Crippen molar-refractivity contribution in [2.45, 2.75) is 18.6 Å². The van der Waals surface area contributed by atoms with Gasteiger partial charge in [-0.2, -0.15) is 5.10 Å². The monoisotopic (exact) mass is 449 g/mol. The Morgan fingerprint density at radius 2 is 1.84 bits per heavy atom. The number of para-hydroxylation sites is 2. The van der Waals surface area contributed by atoms with Gasteiger partial charge < -0.3 is 4.57 Å². The second-order valence-electron chi connectivity index (χ2n) is 6.82. The van der Waals surface area contributed by atoms with Gasteiger partial charge in [0.2, 0.25) is 0 Å². The molecule has 0 saturated carbocycles. The SMILES string of the molecule is C/C(=N/NC(=O)CSc1nc2ccccc2n1Cc1ccccc1Cl)c1ccncc1. The van der Waals surface area contributed by atoms with Gasteiger partial charge in [0.05, 0.1) is 29.0 Å². The number of pyridine rings is 1. The molecular weight excluding hydrogens is 430 g/mol. The summed E-state index contributed by atoms with van der Waals surface area (Å²) in [6, 6.07) is 19.3. The molecule has 1 N–H and O–H groups in total. The molecule has 0 radical (unpaired) electrons. The highest BCUT2D eigenvalue weighted by molar-refractivity contribution is 7.99. The van der Waals surface area contributed by atoms with Crippen molar-refractivity contribution in [2.24, 2.45) is 5.10 Å². The van der Waals surface area contributed by atoms with Crippen molar-refractivity contribution in [2.75, 3.05) is 5.75 Å². The molecule has 0 aliphatic heterocycles.